The van der Waals surface area contributed by atoms with Gasteiger partial charge < -0.3 is 33.2 Å². The summed E-state index contributed by atoms with van der Waals surface area (Å²) >= 11 is 0. The number of cyclic esters (lactones) is 2. The number of hydrogen-bond acceptors (Lipinski definition) is 13. The molecule has 13 heteroatoms. The lowest BCUT2D eigenvalue weighted by molar-refractivity contribution is -0.176. The van der Waals surface area contributed by atoms with Crippen molar-refractivity contribution in [1.29, 1.82) is 0 Å². The van der Waals surface area contributed by atoms with Gasteiger partial charge in [-0.1, -0.05) is 13.8 Å². The van der Waals surface area contributed by atoms with Crippen LogP contribution in [0.1, 0.15) is 80.1 Å². The maximum atomic E-state index is 12.2. The minimum Gasteiger partial charge on any atom is -0.466 e. The van der Waals surface area contributed by atoms with Gasteiger partial charge in [0, 0.05) is 30.8 Å². The van der Waals surface area contributed by atoms with Gasteiger partial charge in [-0.3, -0.25) is 19.2 Å². The third kappa shape index (κ3) is 8.23. The van der Waals surface area contributed by atoms with Crippen molar-refractivity contribution in [2.75, 3.05) is 40.6 Å². The highest BCUT2D eigenvalue weighted by molar-refractivity contribution is 5.81. The Morgan fingerprint density at radius 2 is 1.20 bits per heavy atom. The molecule has 10 atom stereocenters. The summed E-state index contributed by atoms with van der Waals surface area (Å²) in [6, 6.07) is 0. The number of methoxy groups -OCH3 is 2. The van der Waals surface area contributed by atoms with Gasteiger partial charge in [-0.05, 0) is 78.1 Å². The number of carbonyl (C=O) groups is 6. The van der Waals surface area contributed by atoms with Crippen molar-refractivity contribution in [3.05, 3.63) is 0 Å². The van der Waals surface area contributed by atoms with Gasteiger partial charge in [0.2, 0.25) is 0 Å². The van der Waals surface area contributed by atoms with Crippen molar-refractivity contribution in [2.45, 2.75) is 92.3 Å². The monoisotopic (exact) mass is 694 g/mol. The molecule has 0 N–H and O–H groups in total. The van der Waals surface area contributed by atoms with Gasteiger partial charge in [0.15, 0.2) is 13.2 Å². The zero-order valence-corrected chi connectivity index (χ0v) is 30.2. The zero-order valence-electron chi connectivity index (χ0n) is 30.2. The van der Waals surface area contributed by atoms with Gasteiger partial charge in [0.05, 0.1) is 49.1 Å². The lowest BCUT2D eigenvalue weighted by atomic mass is 9.78. The molecule has 49 heavy (non-hydrogen) atoms. The molecule has 6 fully saturated rings. The third-order valence-electron chi connectivity index (χ3n) is 11.9. The number of carbonyl (C=O) groups excluding carboxylic acids is 6. The summed E-state index contributed by atoms with van der Waals surface area (Å²) < 4.78 is 35.5. The van der Waals surface area contributed by atoms with Crippen LogP contribution in [-0.4, -0.2) is 88.7 Å². The van der Waals surface area contributed by atoms with E-state index >= 15 is 0 Å². The van der Waals surface area contributed by atoms with Gasteiger partial charge >= 0.3 is 35.8 Å². The SMILES string of the molecule is CCC(C)(C)C(=O)OCC(=O)OC.CCC(C)(C)C(=O)OCC(=O)OC1C2CC(C1OC)C1C(=O)OCC21.O=C1OCC2C3CCC(C3)C12. The first kappa shape index (κ1) is 38.6. The predicted octanol–water partition coefficient (Wildman–Crippen LogP) is 3.68. The second-order valence-corrected chi connectivity index (χ2v) is 15.4. The van der Waals surface area contributed by atoms with Crippen molar-refractivity contribution in [2.24, 2.45) is 58.2 Å². The van der Waals surface area contributed by atoms with Crippen molar-refractivity contribution in [3.63, 3.8) is 0 Å². The summed E-state index contributed by atoms with van der Waals surface area (Å²) in [7, 11) is 2.81. The van der Waals surface area contributed by atoms with Crippen LogP contribution >= 0.6 is 0 Å². The maximum Gasteiger partial charge on any atom is 0.344 e. The molecule has 4 saturated carbocycles. The fraction of sp³-hybridized carbons (Fsp3) is 0.833. The molecule has 0 aromatic carbocycles. The Balaban J connectivity index is 0.000000187. The van der Waals surface area contributed by atoms with Crippen molar-refractivity contribution in [1.82, 2.24) is 0 Å². The molecule has 0 aromatic heterocycles. The smallest absolute Gasteiger partial charge is 0.344 e. The van der Waals surface area contributed by atoms with Gasteiger partial charge in [0.1, 0.15) is 6.10 Å². The molecule has 10 unspecified atom stereocenters. The van der Waals surface area contributed by atoms with Crippen LogP contribution in [0.5, 0.6) is 0 Å². The Hall–Kier alpha value is -3.22. The fourth-order valence-electron chi connectivity index (χ4n) is 8.20. The van der Waals surface area contributed by atoms with E-state index in [4.69, 9.17) is 28.4 Å². The van der Waals surface area contributed by atoms with Crippen LogP contribution in [0.2, 0.25) is 0 Å². The molecule has 0 aromatic rings. The van der Waals surface area contributed by atoms with Crippen LogP contribution < -0.4 is 0 Å². The molecule has 276 valence electrons. The molecule has 2 aliphatic heterocycles. The summed E-state index contributed by atoms with van der Waals surface area (Å²) in [4.78, 5) is 69.2. The van der Waals surface area contributed by atoms with E-state index in [9.17, 15) is 28.8 Å². The van der Waals surface area contributed by atoms with Crippen molar-refractivity contribution >= 4 is 35.8 Å². The van der Waals surface area contributed by atoms with E-state index in [1.807, 2.05) is 13.8 Å². The Bertz CT molecular complexity index is 1260. The lowest BCUT2D eigenvalue weighted by Crippen LogP contribution is -2.46. The maximum absolute atomic E-state index is 12.2. The standard InChI is InChI=1S/C18H26O7.C9H16O4.C9H12O2/c1-5-18(2,3)17(21)24-8-12(19)25-15-9-6-10(14(15)22-4)13-11(9)7-23-16(13)20;1-5-9(2,3)8(11)13-6-7(10)12-4;10-9-8-6-2-1-5(3-6)7(8)4-11-9/h9-11,13-15H,5-8H2,1-4H3;5-6H2,1-4H3;5-8H,1-4H2. The first-order valence-electron chi connectivity index (χ1n) is 17.6. The normalized spacial score (nSPS) is 33.1. The highest BCUT2D eigenvalue weighted by Crippen LogP contribution is 2.57. The molecular formula is C36H54O13. The van der Waals surface area contributed by atoms with Gasteiger partial charge in [0.25, 0.3) is 0 Å². The van der Waals surface area contributed by atoms with Crippen molar-refractivity contribution < 1.29 is 61.9 Å². The first-order chi connectivity index (χ1) is 23.1. The summed E-state index contributed by atoms with van der Waals surface area (Å²) in [5.41, 5.74) is -1.16. The number of ether oxygens (including phenoxy) is 7. The van der Waals surface area contributed by atoms with E-state index in [2.05, 4.69) is 4.74 Å². The van der Waals surface area contributed by atoms with Crippen LogP contribution in [0, 0.1) is 58.2 Å². The number of esters is 6. The summed E-state index contributed by atoms with van der Waals surface area (Å²) in [6.45, 7) is 11.3. The number of hydrogen-bond donors (Lipinski definition) is 0. The van der Waals surface area contributed by atoms with E-state index in [0.29, 0.717) is 37.2 Å². The second kappa shape index (κ2) is 15.8. The van der Waals surface area contributed by atoms with Crippen LogP contribution in [0.4, 0.5) is 0 Å². The van der Waals surface area contributed by atoms with E-state index in [-0.39, 0.29) is 54.3 Å². The van der Waals surface area contributed by atoms with E-state index < -0.39 is 41.4 Å². The highest BCUT2D eigenvalue weighted by Gasteiger charge is 2.65. The van der Waals surface area contributed by atoms with Gasteiger partial charge in [-0.15, -0.1) is 0 Å². The largest absolute Gasteiger partial charge is 0.466 e. The van der Waals surface area contributed by atoms with Gasteiger partial charge in [-0.2, -0.15) is 0 Å². The lowest BCUT2D eigenvalue weighted by Gasteiger charge is -2.34. The van der Waals surface area contributed by atoms with Gasteiger partial charge in [-0.25, -0.2) is 9.59 Å². The van der Waals surface area contributed by atoms with E-state index in [1.54, 1.807) is 34.8 Å². The highest BCUT2D eigenvalue weighted by atomic mass is 16.6. The van der Waals surface area contributed by atoms with Crippen LogP contribution in [0.15, 0.2) is 0 Å². The summed E-state index contributed by atoms with van der Waals surface area (Å²) in [5, 5.41) is 0. The fourth-order valence-corrected chi connectivity index (χ4v) is 8.20. The third-order valence-corrected chi connectivity index (χ3v) is 11.9. The molecule has 6 rings (SSSR count). The zero-order chi connectivity index (χ0) is 36.3. The van der Waals surface area contributed by atoms with Crippen LogP contribution in [-0.2, 0) is 61.9 Å². The minimum atomic E-state index is -0.628. The van der Waals surface area contributed by atoms with E-state index in [0.717, 1.165) is 18.9 Å². The second-order valence-electron chi connectivity index (χ2n) is 15.4. The first-order valence-corrected chi connectivity index (χ1v) is 17.6. The Labute approximate surface area is 288 Å². The molecule has 6 aliphatic rings. The summed E-state index contributed by atoms with van der Waals surface area (Å²) in [6.07, 6.45) is 5.29. The minimum absolute atomic E-state index is 0.0226. The molecule has 2 saturated heterocycles. The Kier molecular flexibility index (Phi) is 12.4. The van der Waals surface area contributed by atoms with Crippen molar-refractivity contribution in [3.8, 4) is 0 Å². The molecular weight excluding hydrogens is 640 g/mol. The topological polar surface area (TPSA) is 167 Å². The average Bonchev–Trinajstić information content (AvgIpc) is 3.94. The quantitative estimate of drug-likeness (QED) is 0.240. The molecule has 0 radical (unpaired) electrons. The molecule has 2 heterocycles. The molecule has 0 amide bonds. The Morgan fingerprint density at radius 1 is 0.673 bits per heavy atom. The predicted molar refractivity (Wildman–Crippen MR) is 171 cm³/mol. The number of fused-ring (bicyclic) bond motifs is 10. The summed E-state index contributed by atoms with van der Waals surface area (Å²) in [5.74, 6) is 0.484. The average molecular weight is 695 g/mol. The molecule has 4 bridgehead atoms. The molecule has 4 aliphatic carbocycles. The van der Waals surface area contributed by atoms with Crippen LogP contribution in [0.3, 0.4) is 0 Å². The molecule has 13 nitrogen and oxygen atoms in total. The Morgan fingerprint density at radius 3 is 1.73 bits per heavy atom. The van der Waals surface area contributed by atoms with E-state index in [1.165, 1.54) is 26.4 Å². The molecule has 0 spiro atoms. The number of rotatable bonds is 10. The van der Waals surface area contributed by atoms with Crippen LogP contribution in [0.25, 0.3) is 0 Å².